The van der Waals surface area contributed by atoms with E-state index < -0.39 is 0 Å². The maximum atomic E-state index is 9.74. The number of hydrogen-bond acceptors (Lipinski definition) is 3. The zero-order chi connectivity index (χ0) is 12.6. The summed E-state index contributed by atoms with van der Waals surface area (Å²) >= 11 is 0. The van der Waals surface area contributed by atoms with Gasteiger partial charge in [0.05, 0.1) is 0 Å². The quantitative estimate of drug-likeness (QED) is 0.656. The Morgan fingerprint density at radius 1 is 1.06 bits per heavy atom. The van der Waals surface area contributed by atoms with E-state index in [1.165, 1.54) is 6.42 Å². The molecule has 1 aliphatic carbocycles. The van der Waals surface area contributed by atoms with Crippen molar-refractivity contribution in [3.63, 3.8) is 0 Å². The Balaban J connectivity index is 2.51. The molecule has 1 fully saturated rings. The molecule has 0 atom stereocenters. The zero-order valence-electron chi connectivity index (χ0n) is 10.6. The average molecular weight is 235 g/mol. The fourth-order valence-corrected chi connectivity index (χ4v) is 2.85. The van der Waals surface area contributed by atoms with Crippen LogP contribution in [0.4, 0.5) is 0 Å². The molecule has 0 aliphatic heterocycles. The highest BCUT2D eigenvalue weighted by molar-refractivity contribution is 5.53. The standard InChI is InChI=1S/C14H21NO2/c1-9-10(2)13(17)12(16)8-11(9)14(15)6-4-3-5-7-14/h8,16-17H,3-7,15H2,1-2H3. The number of phenolic OH excluding ortho intramolecular Hbond substituents is 2. The van der Waals surface area contributed by atoms with Crippen molar-refractivity contribution < 1.29 is 10.2 Å². The molecular formula is C14H21NO2. The van der Waals surface area contributed by atoms with Crippen molar-refractivity contribution in [3.8, 4) is 11.5 Å². The van der Waals surface area contributed by atoms with Crippen molar-refractivity contribution in [1.82, 2.24) is 0 Å². The number of benzene rings is 1. The molecule has 1 aromatic carbocycles. The summed E-state index contributed by atoms with van der Waals surface area (Å²) in [5.41, 5.74) is 8.87. The summed E-state index contributed by atoms with van der Waals surface area (Å²) in [6.45, 7) is 3.78. The predicted octanol–water partition coefficient (Wildman–Crippen LogP) is 2.83. The SMILES string of the molecule is Cc1c(C2(N)CCCCC2)cc(O)c(O)c1C. The van der Waals surface area contributed by atoms with E-state index in [2.05, 4.69) is 0 Å². The summed E-state index contributed by atoms with van der Waals surface area (Å²) in [4.78, 5) is 0. The second-order valence-electron chi connectivity index (χ2n) is 5.26. The van der Waals surface area contributed by atoms with Gasteiger partial charge in [0.1, 0.15) is 0 Å². The minimum Gasteiger partial charge on any atom is -0.504 e. The van der Waals surface area contributed by atoms with Crippen molar-refractivity contribution in [2.45, 2.75) is 51.5 Å². The third-order valence-electron chi connectivity index (χ3n) is 4.13. The Labute approximate surface area is 102 Å². The molecule has 94 valence electrons. The first-order chi connectivity index (χ1) is 7.96. The van der Waals surface area contributed by atoms with Gasteiger partial charge in [-0.15, -0.1) is 0 Å². The van der Waals surface area contributed by atoms with Crippen molar-refractivity contribution >= 4 is 0 Å². The molecule has 1 saturated carbocycles. The fraction of sp³-hybridized carbons (Fsp3) is 0.571. The smallest absolute Gasteiger partial charge is 0.160 e. The second kappa shape index (κ2) is 4.22. The van der Waals surface area contributed by atoms with Crippen LogP contribution in [0.3, 0.4) is 0 Å². The van der Waals surface area contributed by atoms with Gasteiger partial charge in [-0.2, -0.15) is 0 Å². The van der Waals surface area contributed by atoms with Crippen LogP contribution in [0, 0.1) is 13.8 Å². The molecule has 0 bridgehead atoms. The van der Waals surface area contributed by atoms with Gasteiger partial charge in [0.15, 0.2) is 11.5 Å². The number of aromatic hydroxyl groups is 2. The summed E-state index contributed by atoms with van der Waals surface area (Å²) < 4.78 is 0. The second-order valence-corrected chi connectivity index (χ2v) is 5.26. The van der Waals surface area contributed by atoms with Crippen LogP contribution in [0.2, 0.25) is 0 Å². The van der Waals surface area contributed by atoms with E-state index in [0.29, 0.717) is 0 Å². The molecule has 17 heavy (non-hydrogen) atoms. The average Bonchev–Trinajstić information content (AvgIpc) is 2.32. The lowest BCUT2D eigenvalue weighted by atomic mass is 9.75. The Bertz CT molecular complexity index is 434. The molecule has 3 nitrogen and oxygen atoms in total. The van der Waals surface area contributed by atoms with Gasteiger partial charge in [-0.25, -0.2) is 0 Å². The maximum Gasteiger partial charge on any atom is 0.160 e. The largest absolute Gasteiger partial charge is 0.504 e. The topological polar surface area (TPSA) is 66.5 Å². The van der Waals surface area contributed by atoms with Crippen molar-refractivity contribution in [2.24, 2.45) is 5.73 Å². The van der Waals surface area contributed by atoms with Gasteiger partial charge in [0, 0.05) is 5.54 Å². The van der Waals surface area contributed by atoms with Crippen LogP contribution in [-0.2, 0) is 5.54 Å². The molecule has 1 aliphatic rings. The summed E-state index contributed by atoms with van der Waals surface area (Å²) in [6.07, 6.45) is 5.42. The molecule has 1 aromatic rings. The van der Waals surface area contributed by atoms with Crippen LogP contribution in [-0.4, -0.2) is 10.2 Å². The molecule has 4 N–H and O–H groups in total. The molecule has 0 spiro atoms. The predicted molar refractivity (Wildman–Crippen MR) is 68.2 cm³/mol. The van der Waals surface area contributed by atoms with Gasteiger partial charge in [0.25, 0.3) is 0 Å². The van der Waals surface area contributed by atoms with E-state index in [0.717, 1.165) is 42.4 Å². The van der Waals surface area contributed by atoms with Gasteiger partial charge in [0.2, 0.25) is 0 Å². The van der Waals surface area contributed by atoms with Crippen LogP contribution in [0.1, 0.15) is 48.8 Å². The molecule has 3 heteroatoms. The molecular weight excluding hydrogens is 214 g/mol. The number of phenols is 2. The number of hydrogen-bond donors (Lipinski definition) is 3. The molecule has 0 radical (unpaired) electrons. The van der Waals surface area contributed by atoms with Crippen LogP contribution in [0.25, 0.3) is 0 Å². The third kappa shape index (κ3) is 2.00. The lowest BCUT2D eigenvalue weighted by molar-refractivity contribution is 0.298. The molecule has 2 rings (SSSR count). The molecule has 0 amide bonds. The van der Waals surface area contributed by atoms with Gasteiger partial charge in [-0.3, -0.25) is 0 Å². The van der Waals surface area contributed by atoms with E-state index in [9.17, 15) is 10.2 Å². The normalized spacial score (nSPS) is 19.2. The minimum atomic E-state index is -0.335. The van der Waals surface area contributed by atoms with Crippen LogP contribution in [0.15, 0.2) is 6.07 Å². The monoisotopic (exact) mass is 235 g/mol. The van der Waals surface area contributed by atoms with Crippen molar-refractivity contribution in [3.05, 3.63) is 22.8 Å². The highest BCUT2D eigenvalue weighted by Gasteiger charge is 2.32. The first-order valence-corrected chi connectivity index (χ1v) is 6.27. The minimum absolute atomic E-state index is 0.0225. The summed E-state index contributed by atoms with van der Waals surface area (Å²) in [5, 5.41) is 19.4. The van der Waals surface area contributed by atoms with E-state index in [4.69, 9.17) is 5.73 Å². The van der Waals surface area contributed by atoms with Crippen LogP contribution in [0.5, 0.6) is 11.5 Å². The van der Waals surface area contributed by atoms with Gasteiger partial charge < -0.3 is 15.9 Å². The fourth-order valence-electron chi connectivity index (χ4n) is 2.85. The highest BCUT2D eigenvalue weighted by Crippen LogP contribution is 2.42. The lowest BCUT2D eigenvalue weighted by Crippen LogP contribution is -2.39. The van der Waals surface area contributed by atoms with Crippen LogP contribution >= 0.6 is 0 Å². The third-order valence-corrected chi connectivity index (χ3v) is 4.13. The number of rotatable bonds is 1. The Hall–Kier alpha value is -1.22. The Morgan fingerprint density at radius 3 is 2.24 bits per heavy atom. The first kappa shape index (κ1) is 12.2. The van der Waals surface area contributed by atoms with Crippen molar-refractivity contribution in [1.29, 1.82) is 0 Å². The first-order valence-electron chi connectivity index (χ1n) is 6.27. The van der Waals surface area contributed by atoms with E-state index in [-0.39, 0.29) is 17.0 Å². The van der Waals surface area contributed by atoms with E-state index in [1.807, 2.05) is 13.8 Å². The summed E-state index contributed by atoms with van der Waals surface area (Å²) in [6, 6.07) is 1.64. The van der Waals surface area contributed by atoms with E-state index in [1.54, 1.807) is 6.07 Å². The van der Waals surface area contributed by atoms with Crippen LogP contribution < -0.4 is 5.73 Å². The Kier molecular flexibility index (Phi) is 3.04. The molecule has 0 saturated heterocycles. The highest BCUT2D eigenvalue weighted by atomic mass is 16.3. The van der Waals surface area contributed by atoms with Gasteiger partial charge in [-0.1, -0.05) is 19.3 Å². The number of nitrogens with two attached hydrogens (primary N) is 1. The molecule has 0 heterocycles. The molecule has 0 aromatic heterocycles. The van der Waals surface area contributed by atoms with E-state index >= 15 is 0 Å². The lowest BCUT2D eigenvalue weighted by Gasteiger charge is -2.35. The Morgan fingerprint density at radius 2 is 1.65 bits per heavy atom. The zero-order valence-corrected chi connectivity index (χ0v) is 10.6. The summed E-state index contributed by atoms with van der Waals surface area (Å²) in [7, 11) is 0. The van der Waals surface area contributed by atoms with Crippen molar-refractivity contribution in [2.75, 3.05) is 0 Å². The van der Waals surface area contributed by atoms with Gasteiger partial charge >= 0.3 is 0 Å². The maximum absolute atomic E-state index is 9.74. The summed E-state index contributed by atoms with van der Waals surface area (Å²) in [5.74, 6) is -0.0795. The molecule has 0 unspecified atom stereocenters. The van der Waals surface area contributed by atoms with Gasteiger partial charge in [-0.05, 0) is 49.4 Å².